The summed E-state index contributed by atoms with van der Waals surface area (Å²) in [4.78, 5) is 43.4. The average molecular weight is 344 g/mol. The number of imide groups is 1. The SMILES string of the molecule is COC(=O)C(C)(C)c1nc(N2C(=O)c3ccccc3C2=O)sc1C. The molecule has 1 aromatic heterocycles. The molecule has 24 heavy (non-hydrogen) atoms. The van der Waals surface area contributed by atoms with Crippen molar-refractivity contribution in [1.29, 1.82) is 0 Å². The first-order valence-corrected chi connectivity index (χ1v) is 8.14. The van der Waals surface area contributed by atoms with Gasteiger partial charge in [-0.1, -0.05) is 12.1 Å². The Hall–Kier alpha value is -2.54. The van der Waals surface area contributed by atoms with Gasteiger partial charge in [-0.05, 0) is 32.9 Å². The molecule has 1 aliphatic rings. The molecule has 0 radical (unpaired) electrons. The highest BCUT2D eigenvalue weighted by Gasteiger charge is 2.41. The van der Waals surface area contributed by atoms with Gasteiger partial charge >= 0.3 is 5.97 Å². The summed E-state index contributed by atoms with van der Waals surface area (Å²) in [7, 11) is 1.32. The summed E-state index contributed by atoms with van der Waals surface area (Å²) >= 11 is 1.21. The van der Waals surface area contributed by atoms with Crippen molar-refractivity contribution in [3.8, 4) is 0 Å². The molecule has 0 spiro atoms. The largest absolute Gasteiger partial charge is 0.468 e. The minimum Gasteiger partial charge on any atom is -0.468 e. The highest BCUT2D eigenvalue weighted by molar-refractivity contribution is 7.16. The van der Waals surface area contributed by atoms with Crippen LogP contribution < -0.4 is 4.90 Å². The van der Waals surface area contributed by atoms with Gasteiger partial charge in [0, 0.05) is 4.88 Å². The normalized spacial score (nSPS) is 14.1. The average Bonchev–Trinajstić information content (AvgIpc) is 3.06. The first-order chi connectivity index (χ1) is 11.3. The van der Waals surface area contributed by atoms with Crippen LogP contribution in [0, 0.1) is 6.92 Å². The van der Waals surface area contributed by atoms with E-state index < -0.39 is 23.2 Å². The Labute approximate surface area is 143 Å². The summed E-state index contributed by atoms with van der Waals surface area (Å²) in [6.45, 7) is 5.21. The van der Waals surface area contributed by atoms with Crippen LogP contribution in [0.4, 0.5) is 5.13 Å². The molecule has 0 saturated carbocycles. The highest BCUT2D eigenvalue weighted by atomic mass is 32.1. The molecule has 124 valence electrons. The van der Waals surface area contributed by atoms with Crippen LogP contribution in [0.15, 0.2) is 24.3 Å². The molecule has 0 fully saturated rings. The smallest absolute Gasteiger partial charge is 0.317 e. The van der Waals surface area contributed by atoms with Gasteiger partial charge in [0.1, 0.15) is 5.41 Å². The summed E-state index contributed by atoms with van der Waals surface area (Å²) in [6, 6.07) is 6.67. The second-order valence-electron chi connectivity index (χ2n) is 6.01. The zero-order valence-corrected chi connectivity index (χ0v) is 14.6. The zero-order chi connectivity index (χ0) is 17.6. The van der Waals surface area contributed by atoms with E-state index in [-0.39, 0.29) is 5.13 Å². The molecular weight excluding hydrogens is 328 g/mol. The Balaban J connectivity index is 2.05. The number of methoxy groups -OCH3 is 1. The van der Waals surface area contributed by atoms with Gasteiger partial charge in [-0.3, -0.25) is 14.4 Å². The van der Waals surface area contributed by atoms with Crippen molar-refractivity contribution in [2.75, 3.05) is 12.0 Å². The molecule has 2 aromatic rings. The van der Waals surface area contributed by atoms with E-state index in [9.17, 15) is 14.4 Å². The van der Waals surface area contributed by atoms with E-state index >= 15 is 0 Å². The third kappa shape index (κ3) is 2.24. The Morgan fingerprint density at radius 3 is 2.21 bits per heavy atom. The molecule has 0 saturated heterocycles. The summed E-state index contributed by atoms with van der Waals surface area (Å²) < 4.78 is 4.83. The number of nitrogens with zero attached hydrogens (tertiary/aromatic N) is 2. The first-order valence-electron chi connectivity index (χ1n) is 7.33. The Morgan fingerprint density at radius 1 is 1.17 bits per heavy atom. The molecule has 0 unspecified atom stereocenters. The number of aryl methyl sites for hydroxylation is 1. The van der Waals surface area contributed by atoms with E-state index in [0.717, 1.165) is 9.78 Å². The number of carbonyl (C=O) groups is 3. The quantitative estimate of drug-likeness (QED) is 0.632. The third-order valence-electron chi connectivity index (χ3n) is 4.06. The van der Waals surface area contributed by atoms with Crippen molar-refractivity contribution in [3.05, 3.63) is 46.0 Å². The molecular formula is C17H16N2O4S. The third-order valence-corrected chi connectivity index (χ3v) is 5.01. The van der Waals surface area contributed by atoms with Crippen LogP contribution in [0.1, 0.15) is 45.1 Å². The van der Waals surface area contributed by atoms with Crippen LogP contribution in [0.25, 0.3) is 0 Å². The summed E-state index contributed by atoms with van der Waals surface area (Å²) in [5.74, 6) is -1.22. The maximum atomic E-state index is 12.5. The van der Waals surface area contributed by atoms with Crippen LogP contribution in [0.5, 0.6) is 0 Å². The Morgan fingerprint density at radius 2 is 1.71 bits per heavy atom. The van der Waals surface area contributed by atoms with Crippen molar-refractivity contribution in [2.24, 2.45) is 0 Å². The number of anilines is 1. The lowest BCUT2D eigenvalue weighted by Gasteiger charge is -2.20. The summed E-state index contributed by atoms with van der Waals surface area (Å²) in [5.41, 5.74) is 0.269. The fraction of sp³-hybridized carbons (Fsp3) is 0.294. The Kier molecular flexibility index (Phi) is 3.76. The predicted molar refractivity (Wildman–Crippen MR) is 89.5 cm³/mol. The summed E-state index contributed by atoms with van der Waals surface area (Å²) in [6.07, 6.45) is 0. The monoisotopic (exact) mass is 344 g/mol. The van der Waals surface area contributed by atoms with Gasteiger partial charge in [-0.2, -0.15) is 0 Å². The highest BCUT2D eigenvalue weighted by Crippen LogP contribution is 2.37. The molecule has 2 heterocycles. The van der Waals surface area contributed by atoms with Crippen molar-refractivity contribution in [3.63, 3.8) is 0 Å². The molecule has 0 aliphatic carbocycles. The van der Waals surface area contributed by atoms with Gasteiger partial charge in [0.05, 0.1) is 23.9 Å². The van der Waals surface area contributed by atoms with E-state index in [4.69, 9.17) is 4.74 Å². The van der Waals surface area contributed by atoms with Gasteiger partial charge in [-0.25, -0.2) is 9.88 Å². The molecule has 2 amide bonds. The molecule has 0 bridgehead atoms. The molecule has 6 nitrogen and oxygen atoms in total. The van der Waals surface area contributed by atoms with Gasteiger partial charge in [-0.15, -0.1) is 11.3 Å². The number of benzene rings is 1. The van der Waals surface area contributed by atoms with E-state index in [0.29, 0.717) is 16.8 Å². The van der Waals surface area contributed by atoms with Gasteiger partial charge in [0.15, 0.2) is 5.13 Å². The van der Waals surface area contributed by atoms with E-state index in [1.165, 1.54) is 18.4 Å². The fourth-order valence-electron chi connectivity index (χ4n) is 2.77. The molecule has 0 atom stereocenters. The topological polar surface area (TPSA) is 76.6 Å². The lowest BCUT2D eigenvalue weighted by Crippen LogP contribution is -2.32. The molecule has 0 N–H and O–H groups in total. The fourth-order valence-corrected chi connectivity index (χ4v) is 3.84. The number of ether oxygens (including phenoxy) is 1. The van der Waals surface area contributed by atoms with Crippen molar-refractivity contribution in [1.82, 2.24) is 4.98 Å². The predicted octanol–water partition coefficient (Wildman–Crippen LogP) is 2.70. The molecule has 1 aromatic carbocycles. The number of carbonyl (C=O) groups excluding carboxylic acids is 3. The van der Waals surface area contributed by atoms with E-state index in [2.05, 4.69) is 4.98 Å². The van der Waals surface area contributed by atoms with Gasteiger partial charge in [0.25, 0.3) is 11.8 Å². The van der Waals surface area contributed by atoms with Crippen LogP contribution >= 0.6 is 11.3 Å². The minimum atomic E-state index is -0.966. The molecule has 7 heteroatoms. The number of esters is 1. The van der Waals surface area contributed by atoms with Crippen molar-refractivity contribution in [2.45, 2.75) is 26.2 Å². The van der Waals surface area contributed by atoms with Crippen LogP contribution in [-0.2, 0) is 14.9 Å². The van der Waals surface area contributed by atoms with Crippen molar-refractivity contribution >= 4 is 34.3 Å². The Bertz CT molecular complexity index is 834. The number of fused-ring (bicyclic) bond motifs is 1. The first kappa shape index (κ1) is 16.3. The molecule has 1 aliphatic heterocycles. The number of thiazole rings is 1. The van der Waals surface area contributed by atoms with E-state index in [1.807, 2.05) is 0 Å². The van der Waals surface area contributed by atoms with Crippen molar-refractivity contribution < 1.29 is 19.1 Å². The van der Waals surface area contributed by atoms with Gasteiger partial charge in [0.2, 0.25) is 0 Å². The maximum Gasteiger partial charge on any atom is 0.317 e. The lowest BCUT2D eigenvalue weighted by atomic mass is 9.89. The number of aromatic nitrogens is 1. The van der Waals surface area contributed by atoms with Crippen LogP contribution in [0.3, 0.4) is 0 Å². The van der Waals surface area contributed by atoms with Crippen LogP contribution in [0.2, 0.25) is 0 Å². The number of rotatable bonds is 3. The maximum absolute atomic E-state index is 12.5. The number of amides is 2. The minimum absolute atomic E-state index is 0.269. The van der Waals surface area contributed by atoms with Gasteiger partial charge < -0.3 is 4.74 Å². The standard InChI is InChI=1S/C17H16N2O4S/c1-9-12(17(2,3)15(22)23-4)18-16(24-9)19-13(20)10-7-5-6-8-11(10)14(19)21/h5-8H,1-4H3. The van der Waals surface area contributed by atoms with Crippen LogP contribution in [-0.4, -0.2) is 29.9 Å². The number of hydrogen-bond acceptors (Lipinski definition) is 6. The second kappa shape index (κ2) is 5.52. The number of hydrogen-bond donors (Lipinski definition) is 0. The van der Waals surface area contributed by atoms with E-state index in [1.54, 1.807) is 45.0 Å². The zero-order valence-electron chi connectivity index (χ0n) is 13.7. The lowest BCUT2D eigenvalue weighted by molar-refractivity contribution is -0.146. The molecule has 3 rings (SSSR count). The summed E-state index contributed by atoms with van der Waals surface area (Å²) in [5, 5.41) is 0.269. The second-order valence-corrected chi connectivity index (χ2v) is 7.19.